The normalized spacial score (nSPS) is 13.2. The smallest absolute Gasteiger partial charge is 0.304 e. The molecule has 0 radical (unpaired) electrons. The van der Waals surface area contributed by atoms with Crippen molar-refractivity contribution in [3.8, 4) is 0 Å². The van der Waals surface area contributed by atoms with Gasteiger partial charge < -0.3 is 10.2 Å². The number of halogens is 1. The van der Waals surface area contributed by atoms with Gasteiger partial charge in [0.25, 0.3) is 0 Å². The molecular formula is C25H35ClN4O4S. The van der Waals surface area contributed by atoms with Gasteiger partial charge in [-0.15, -0.1) is 0 Å². The summed E-state index contributed by atoms with van der Waals surface area (Å²) in [5.74, 6) is -0.758. The van der Waals surface area contributed by atoms with Crippen molar-refractivity contribution in [2.75, 3.05) is 24.9 Å². The van der Waals surface area contributed by atoms with Crippen LogP contribution in [0.4, 0.5) is 5.69 Å². The van der Waals surface area contributed by atoms with Crippen LogP contribution in [-0.2, 0) is 26.3 Å². The van der Waals surface area contributed by atoms with E-state index in [1.165, 1.54) is 19.0 Å². The van der Waals surface area contributed by atoms with E-state index >= 15 is 0 Å². The first-order chi connectivity index (χ1) is 16.5. The van der Waals surface area contributed by atoms with E-state index in [9.17, 15) is 18.0 Å². The van der Waals surface area contributed by atoms with Gasteiger partial charge in [0.15, 0.2) is 0 Å². The SMILES string of the molecule is CCC(C)NC(=O)C(CC)N(Cc1ccc(Cl)cc1)C(=O)CN(c1ccccc1)S(=O)(=O)N(C)C. The molecule has 0 aliphatic carbocycles. The second kappa shape index (κ2) is 12.9. The molecule has 0 saturated carbocycles. The van der Waals surface area contributed by atoms with Gasteiger partial charge in [-0.25, -0.2) is 4.31 Å². The molecule has 1 N–H and O–H groups in total. The summed E-state index contributed by atoms with van der Waals surface area (Å²) in [4.78, 5) is 28.3. The van der Waals surface area contributed by atoms with Crippen LogP contribution in [0.2, 0.25) is 5.02 Å². The number of anilines is 1. The van der Waals surface area contributed by atoms with Gasteiger partial charge in [-0.3, -0.25) is 9.59 Å². The Hall–Kier alpha value is -2.62. The minimum Gasteiger partial charge on any atom is -0.352 e. The lowest BCUT2D eigenvalue weighted by molar-refractivity contribution is -0.140. The molecule has 0 aromatic heterocycles. The number of nitrogens with one attached hydrogen (secondary N) is 1. The molecule has 8 nitrogen and oxygen atoms in total. The van der Waals surface area contributed by atoms with E-state index in [0.717, 1.165) is 20.6 Å². The van der Waals surface area contributed by atoms with Gasteiger partial charge in [-0.2, -0.15) is 12.7 Å². The van der Waals surface area contributed by atoms with Crippen molar-refractivity contribution in [1.29, 1.82) is 0 Å². The second-order valence-corrected chi connectivity index (χ2v) is 11.0. The molecular weight excluding hydrogens is 488 g/mol. The summed E-state index contributed by atoms with van der Waals surface area (Å²) in [6.07, 6.45) is 1.11. The average molecular weight is 523 g/mol. The lowest BCUT2D eigenvalue weighted by Crippen LogP contribution is -2.54. The quantitative estimate of drug-likeness (QED) is 0.460. The zero-order chi connectivity index (χ0) is 26.2. The highest BCUT2D eigenvalue weighted by atomic mass is 35.5. The number of amides is 2. The highest BCUT2D eigenvalue weighted by molar-refractivity contribution is 7.90. The van der Waals surface area contributed by atoms with Crippen LogP contribution >= 0.6 is 11.6 Å². The Morgan fingerprint density at radius 2 is 1.57 bits per heavy atom. The fraction of sp³-hybridized carbons (Fsp3) is 0.440. The van der Waals surface area contributed by atoms with E-state index < -0.39 is 28.7 Å². The summed E-state index contributed by atoms with van der Waals surface area (Å²) in [5, 5.41) is 3.51. The summed E-state index contributed by atoms with van der Waals surface area (Å²) >= 11 is 6.02. The Kier molecular flexibility index (Phi) is 10.5. The first kappa shape index (κ1) is 28.6. The third kappa shape index (κ3) is 7.68. The first-order valence-corrected chi connectivity index (χ1v) is 13.4. The third-order valence-corrected chi connectivity index (χ3v) is 7.79. The number of carbonyl (C=O) groups is 2. The van der Waals surface area contributed by atoms with Crippen molar-refractivity contribution in [2.45, 2.75) is 52.2 Å². The molecule has 10 heteroatoms. The molecule has 0 aliphatic rings. The van der Waals surface area contributed by atoms with E-state index in [-0.39, 0.29) is 18.5 Å². The third-order valence-electron chi connectivity index (χ3n) is 5.72. The molecule has 2 atom stereocenters. The summed E-state index contributed by atoms with van der Waals surface area (Å²) < 4.78 is 28.4. The van der Waals surface area contributed by atoms with Crippen LogP contribution in [0.1, 0.15) is 39.2 Å². The summed E-state index contributed by atoms with van der Waals surface area (Å²) in [6, 6.07) is 14.6. The van der Waals surface area contributed by atoms with Gasteiger partial charge in [0.1, 0.15) is 12.6 Å². The molecule has 0 fully saturated rings. The summed E-state index contributed by atoms with van der Waals surface area (Å²) in [5.41, 5.74) is 1.14. The minimum atomic E-state index is -3.97. The van der Waals surface area contributed by atoms with Crippen molar-refractivity contribution >= 4 is 39.3 Å². The molecule has 2 rings (SSSR count). The maximum atomic E-state index is 13.7. The van der Waals surface area contributed by atoms with Crippen molar-refractivity contribution < 1.29 is 18.0 Å². The largest absolute Gasteiger partial charge is 0.352 e. The molecule has 0 spiro atoms. The van der Waals surface area contributed by atoms with E-state index in [1.807, 2.05) is 20.8 Å². The van der Waals surface area contributed by atoms with Gasteiger partial charge in [0.05, 0.1) is 5.69 Å². The number of nitrogens with zero attached hydrogens (tertiary/aromatic N) is 3. The van der Waals surface area contributed by atoms with Crippen LogP contribution in [0.25, 0.3) is 0 Å². The predicted octanol–water partition coefficient (Wildman–Crippen LogP) is 3.67. The molecule has 35 heavy (non-hydrogen) atoms. The van der Waals surface area contributed by atoms with Gasteiger partial charge in [0, 0.05) is 31.7 Å². The maximum absolute atomic E-state index is 13.7. The lowest BCUT2D eigenvalue weighted by atomic mass is 10.1. The Morgan fingerprint density at radius 3 is 2.09 bits per heavy atom. The van der Waals surface area contributed by atoms with Crippen LogP contribution in [0.5, 0.6) is 0 Å². The van der Waals surface area contributed by atoms with Crippen LogP contribution in [0.3, 0.4) is 0 Å². The van der Waals surface area contributed by atoms with Gasteiger partial charge >= 0.3 is 10.2 Å². The van der Waals surface area contributed by atoms with Crippen LogP contribution in [0, 0.1) is 0 Å². The van der Waals surface area contributed by atoms with Crippen molar-refractivity contribution in [3.63, 3.8) is 0 Å². The average Bonchev–Trinajstić information content (AvgIpc) is 2.83. The van der Waals surface area contributed by atoms with E-state index in [4.69, 9.17) is 11.6 Å². The molecule has 192 valence electrons. The lowest BCUT2D eigenvalue weighted by Gasteiger charge is -2.34. The maximum Gasteiger partial charge on any atom is 0.304 e. The highest BCUT2D eigenvalue weighted by Crippen LogP contribution is 2.21. The van der Waals surface area contributed by atoms with E-state index in [0.29, 0.717) is 17.1 Å². The van der Waals surface area contributed by atoms with Crippen molar-refractivity contribution in [2.24, 2.45) is 0 Å². The van der Waals surface area contributed by atoms with Gasteiger partial charge in [-0.05, 0) is 49.6 Å². The molecule has 0 bridgehead atoms. The van der Waals surface area contributed by atoms with Crippen molar-refractivity contribution in [1.82, 2.24) is 14.5 Å². The molecule has 2 unspecified atom stereocenters. The van der Waals surface area contributed by atoms with E-state index in [2.05, 4.69) is 5.32 Å². The topological polar surface area (TPSA) is 90.0 Å². The standard InChI is InChI=1S/C25H35ClN4O4S/c1-6-19(3)27-25(32)23(7-2)29(17-20-13-15-21(26)16-14-20)24(31)18-30(35(33,34)28(4)5)22-11-9-8-10-12-22/h8-16,19,23H,6-7,17-18H2,1-5H3,(H,27,32). The summed E-state index contributed by atoms with van der Waals surface area (Å²) in [7, 11) is -1.15. The Morgan fingerprint density at radius 1 is 0.971 bits per heavy atom. The number of para-hydroxylation sites is 1. The number of rotatable bonds is 12. The molecule has 2 aromatic rings. The Labute approximate surface area is 214 Å². The number of hydrogen-bond donors (Lipinski definition) is 1. The zero-order valence-electron chi connectivity index (χ0n) is 20.9. The fourth-order valence-electron chi connectivity index (χ4n) is 3.46. The Balaban J connectivity index is 2.46. The number of carbonyl (C=O) groups excluding carboxylic acids is 2. The van der Waals surface area contributed by atoms with Crippen LogP contribution in [-0.4, -0.2) is 62.2 Å². The van der Waals surface area contributed by atoms with Gasteiger partial charge in [-0.1, -0.05) is 55.8 Å². The Bertz CT molecular complexity index is 1080. The minimum absolute atomic E-state index is 0.0565. The predicted molar refractivity (Wildman–Crippen MR) is 140 cm³/mol. The summed E-state index contributed by atoms with van der Waals surface area (Å²) in [6.45, 7) is 5.37. The monoisotopic (exact) mass is 522 g/mol. The first-order valence-electron chi connectivity index (χ1n) is 11.6. The molecule has 0 saturated heterocycles. The van der Waals surface area contributed by atoms with Crippen molar-refractivity contribution in [3.05, 3.63) is 65.2 Å². The number of benzene rings is 2. The molecule has 0 heterocycles. The number of hydrogen-bond acceptors (Lipinski definition) is 4. The van der Waals surface area contributed by atoms with Crippen LogP contribution in [0.15, 0.2) is 54.6 Å². The fourth-order valence-corrected chi connectivity index (χ4v) is 4.64. The molecule has 2 aromatic carbocycles. The van der Waals surface area contributed by atoms with E-state index in [1.54, 1.807) is 54.6 Å². The second-order valence-electron chi connectivity index (χ2n) is 8.52. The molecule has 2 amide bonds. The van der Waals surface area contributed by atoms with Crippen LogP contribution < -0.4 is 9.62 Å². The zero-order valence-corrected chi connectivity index (χ0v) is 22.5. The highest BCUT2D eigenvalue weighted by Gasteiger charge is 2.33. The van der Waals surface area contributed by atoms with Gasteiger partial charge in [0.2, 0.25) is 11.8 Å². The molecule has 0 aliphatic heterocycles.